The van der Waals surface area contributed by atoms with E-state index in [1.54, 1.807) is 0 Å². The predicted molar refractivity (Wildman–Crippen MR) is 62.2 cm³/mol. The maximum Gasteiger partial charge on any atom is -0.0269 e. The summed E-state index contributed by atoms with van der Waals surface area (Å²) >= 11 is 0. The van der Waals surface area contributed by atoms with Crippen molar-refractivity contribution >= 4 is 0 Å². The molecule has 0 aliphatic heterocycles. The molecule has 3 atom stereocenters. The van der Waals surface area contributed by atoms with Gasteiger partial charge in [-0.2, -0.15) is 0 Å². The highest BCUT2D eigenvalue weighted by molar-refractivity contribution is 5.06. The Bertz CT molecular complexity index is 224. The maximum absolute atomic E-state index is 2.51. The summed E-state index contributed by atoms with van der Waals surface area (Å²) in [6.45, 7) is 12.5. The van der Waals surface area contributed by atoms with E-state index in [-0.39, 0.29) is 0 Å². The summed E-state index contributed by atoms with van der Waals surface area (Å²) in [4.78, 5) is 0. The van der Waals surface area contributed by atoms with Gasteiger partial charge in [-0.05, 0) is 41.4 Å². The van der Waals surface area contributed by atoms with Gasteiger partial charge in [0.05, 0.1) is 0 Å². The average molecular weight is 194 g/mol. The lowest BCUT2D eigenvalue weighted by Crippen LogP contribution is -2.34. The molecule has 82 valence electrons. The number of hydrogen-bond acceptors (Lipinski definition) is 0. The van der Waals surface area contributed by atoms with Gasteiger partial charge in [-0.25, -0.2) is 0 Å². The zero-order valence-corrected chi connectivity index (χ0v) is 10.6. The Morgan fingerprint density at radius 1 is 0.857 bits per heavy atom. The maximum atomic E-state index is 2.51. The minimum Gasteiger partial charge on any atom is -0.0617 e. The van der Waals surface area contributed by atoms with Gasteiger partial charge in [-0.15, -0.1) is 0 Å². The minimum atomic E-state index is 0.534. The summed E-state index contributed by atoms with van der Waals surface area (Å²) in [6.07, 6.45) is 5.95. The van der Waals surface area contributed by atoms with Crippen LogP contribution in [0.3, 0.4) is 0 Å². The molecule has 0 bridgehead atoms. The van der Waals surface area contributed by atoms with Gasteiger partial charge < -0.3 is 0 Å². The van der Waals surface area contributed by atoms with E-state index in [0.717, 1.165) is 17.8 Å². The molecule has 14 heavy (non-hydrogen) atoms. The quantitative estimate of drug-likeness (QED) is 0.533. The molecular weight excluding hydrogens is 168 g/mol. The van der Waals surface area contributed by atoms with Crippen LogP contribution in [0.5, 0.6) is 0 Å². The zero-order chi connectivity index (χ0) is 10.6. The first-order valence-electron chi connectivity index (χ1n) is 6.39. The summed E-state index contributed by atoms with van der Waals surface area (Å²) in [5.74, 6) is 2.94. The Balaban J connectivity index is 2.34. The van der Waals surface area contributed by atoms with Crippen molar-refractivity contribution in [2.24, 2.45) is 28.6 Å². The second-order valence-corrected chi connectivity index (χ2v) is 6.79. The van der Waals surface area contributed by atoms with Gasteiger partial charge in [0.15, 0.2) is 0 Å². The molecule has 2 aliphatic rings. The number of hydrogen-bond donors (Lipinski definition) is 0. The summed E-state index contributed by atoms with van der Waals surface area (Å²) in [6, 6.07) is 0. The molecule has 2 fully saturated rings. The second kappa shape index (κ2) is 3.00. The third-order valence-electron chi connectivity index (χ3n) is 6.19. The highest BCUT2D eigenvalue weighted by Gasteiger charge is 2.57. The topological polar surface area (TPSA) is 0 Å². The third kappa shape index (κ3) is 1.12. The van der Waals surface area contributed by atoms with Gasteiger partial charge in [0.2, 0.25) is 0 Å². The van der Waals surface area contributed by atoms with E-state index < -0.39 is 0 Å². The fraction of sp³-hybridized carbons (Fsp3) is 1.00. The largest absolute Gasteiger partial charge is 0.0617 e. The van der Waals surface area contributed by atoms with Crippen molar-refractivity contribution in [3.05, 3.63) is 0 Å². The first-order chi connectivity index (χ1) is 6.39. The van der Waals surface area contributed by atoms with Gasteiger partial charge in [-0.3, -0.25) is 0 Å². The van der Waals surface area contributed by atoms with Crippen LogP contribution in [-0.2, 0) is 0 Å². The molecule has 0 N–H and O–H groups in total. The van der Waals surface area contributed by atoms with Crippen LogP contribution in [0.15, 0.2) is 0 Å². The van der Waals surface area contributed by atoms with E-state index in [2.05, 4.69) is 34.6 Å². The highest BCUT2D eigenvalue weighted by Crippen LogP contribution is 2.64. The molecule has 2 saturated carbocycles. The molecule has 2 aliphatic carbocycles. The van der Waals surface area contributed by atoms with Gasteiger partial charge in [0.25, 0.3) is 0 Å². The summed E-state index contributed by atoms with van der Waals surface area (Å²) in [5.41, 5.74) is 1.09. The van der Waals surface area contributed by atoms with Gasteiger partial charge in [0, 0.05) is 0 Å². The van der Waals surface area contributed by atoms with Crippen LogP contribution >= 0.6 is 0 Å². The van der Waals surface area contributed by atoms with Crippen LogP contribution in [0.2, 0.25) is 0 Å². The van der Waals surface area contributed by atoms with Crippen LogP contribution in [0.4, 0.5) is 0 Å². The summed E-state index contributed by atoms with van der Waals surface area (Å²) < 4.78 is 0. The minimum absolute atomic E-state index is 0.534. The first kappa shape index (κ1) is 10.5. The molecule has 0 amide bonds. The van der Waals surface area contributed by atoms with Gasteiger partial charge in [-0.1, -0.05) is 47.5 Å². The van der Waals surface area contributed by atoms with Crippen molar-refractivity contribution in [3.8, 4) is 0 Å². The monoisotopic (exact) mass is 194 g/mol. The van der Waals surface area contributed by atoms with E-state index >= 15 is 0 Å². The van der Waals surface area contributed by atoms with Crippen molar-refractivity contribution in [3.63, 3.8) is 0 Å². The lowest BCUT2D eigenvalue weighted by atomic mass is 9.64. The van der Waals surface area contributed by atoms with Crippen LogP contribution < -0.4 is 0 Å². The Morgan fingerprint density at radius 3 is 2.00 bits per heavy atom. The lowest BCUT2D eigenvalue weighted by molar-refractivity contribution is 0.0757. The Morgan fingerprint density at radius 2 is 1.43 bits per heavy atom. The Hall–Kier alpha value is 0. The molecule has 0 aromatic rings. The van der Waals surface area contributed by atoms with Crippen molar-refractivity contribution in [1.82, 2.24) is 0 Å². The lowest BCUT2D eigenvalue weighted by Gasteiger charge is -2.41. The highest BCUT2D eigenvalue weighted by atomic mass is 14.6. The SMILES string of the molecule is CC1C2CCCCC2C(C)(C)C1(C)C. The van der Waals surface area contributed by atoms with Crippen LogP contribution in [0.1, 0.15) is 60.3 Å². The predicted octanol–water partition coefficient (Wildman–Crippen LogP) is 4.49. The van der Waals surface area contributed by atoms with E-state index in [0.29, 0.717) is 10.8 Å². The van der Waals surface area contributed by atoms with Crippen LogP contribution in [-0.4, -0.2) is 0 Å². The van der Waals surface area contributed by atoms with Crippen LogP contribution in [0, 0.1) is 28.6 Å². The molecule has 0 aromatic carbocycles. The first-order valence-corrected chi connectivity index (χ1v) is 6.39. The number of rotatable bonds is 0. The molecule has 3 unspecified atom stereocenters. The van der Waals surface area contributed by atoms with E-state index in [1.165, 1.54) is 25.7 Å². The molecule has 0 heteroatoms. The van der Waals surface area contributed by atoms with Crippen molar-refractivity contribution < 1.29 is 0 Å². The molecule has 0 spiro atoms. The molecule has 0 saturated heterocycles. The molecular formula is C14H26. The van der Waals surface area contributed by atoms with Gasteiger partial charge in [0.1, 0.15) is 0 Å². The van der Waals surface area contributed by atoms with Crippen molar-refractivity contribution in [2.75, 3.05) is 0 Å². The number of fused-ring (bicyclic) bond motifs is 1. The molecule has 0 aromatic heterocycles. The van der Waals surface area contributed by atoms with Crippen molar-refractivity contribution in [2.45, 2.75) is 60.3 Å². The molecule has 2 rings (SSSR count). The fourth-order valence-corrected chi connectivity index (χ4v) is 4.25. The fourth-order valence-electron chi connectivity index (χ4n) is 4.25. The Labute approximate surface area is 89.5 Å². The summed E-state index contributed by atoms with van der Waals surface area (Å²) in [5, 5.41) is 0. The van der Waals surface area contributed by atoms with Gasteiger partial charge >= 0.3 is 0 Å². The van der Waals surface area contributed by atoms with Crippen molar-refractivity contribution in [1.29, 1.82) is 0 Å². The molecule has 0 heterocycles. The molecule has 0 nitrogen and oxygen atoms in total. The molecule has 0 radical (unpaired) electrons. The van der Waals surface area contributed by atoms with Crippen LogP contribution in [0.25, 0.3) is 0 Å². The summed E-state index contributed by atoms with van der Waals surface area (Å²) in [7, 11) is 0. The standard InChI is InChI=1S/C14H26/c1-10-11-8-6-7-9-12(11)14(4,5)13(10,2)3/h10-12H,6-9H2,1-5H3. The average Bonchev–Trinajstić information content (AvgIpc) is 2.27. The van der Waals surface area contributed by atoms with E-state index in [4.69, 9.17) is 0 Å². The van der Waals surface area contributed by atoms with E-state index in [9.17, 15) is 0 Å². The normalized spacial score (nSPS) is 44.8. The third-order valence-corrected chi connectivity index (χ3v) is 6.19. The smallest absolute Gasteiger partial charge is 0.0269 e. The zero-order valence-electron chi connectivity index (χ0n) is 10.6. The second-order valence-electron chi connectivity index (χ2n) is 6.79. The van der Waals surface area contributed by atoms with E-state index in [1.807, 2.05) is 0 Å². The Kier molecular flexibility index (Phi) is 2.25.